The molecule has 0 radical (unpaired) electrons. The first-order valence-electron chi connectivity index (χ1n) is 8.35. The lowest BCUT2D eigenvalue weighted by Gasteiger charge is -2.27. The topological polar surface area (TPSA) is 97.0 Å². The van der Waals surface area contributed by atoms with Gasteiger partial charge >= 0.3 is 0 Å². The van der Waals surface area contributed by atoms with E-state index in [9.17, 15) is 13.2 Å². The Hall–Kier alpha value is -1.55. The van der Waals surface area contributed by atoms with Gasteiger partial charge in [-0.15, -0.1) is 12.4 Å². The van der Waals surface area contributed by atoms with Gasteiger partial charge in [-0.2, -0.15) is 0 Å². The largest absolute Gasteiger partial charge is 0.490 e. The van der Waals surface area contributed by atoms with Gasteiger partial charge in [0.05, 0.1) is 24.7 Å². The summed E-state index contributed by atoms with van der Waals surface area (Å²) in [6.07, 6.45) is 0. The molecule has 1 amide bonds. The third-order valence-corrected chi connectivity index (χ3v) is 5.11. The molecule has 2 rings (SSSR count). The zero-order valence-corrected chi connectivity index (χ0v) is 16.6. The summed E-state index contributed by atoms with van der Waals surface area (Å²) in [6, 6.07) is 4.40. The monoisotopic (exact) mass is 407 g/mol. The Morgan fingerprint density at radius 3 is 2.38 bits per heavy atom. The first kappa shape index (κ1) is 22.5. The van der Waals surface area contributed by atoms with Gasteiger partial charge in [0, 0.05) is 32.2 Å². The number of sulfonamides is 1. The van der Waals surface area contributed by atoms with E-state index in [0.717, 1.165) is 13.1 Å². The van der Waals surface area contributed by atoms with Crippen LogP contribution in [0.25, 0.3) is 0 Å². The van der Waals surface area contributed by atoms with Crippen molar-refractivity contribution in [1.82, 2.24) is 14.9 Å². The molecule has 0 aliphatic carbocycles. The van der Waals surface area contributed by atoms with Gasteiger partial charge in [-0.25, -0.2) is 13.1 Å². The van der Waals surface area contributed by atoms with E-state index < -0.39 is 10.0 Å². The number of nitrogens with zero attached hydrogens (tertiary/aromatic N) is 1. The molecule has 2 N–H and O–H groups in total. The Morgan fingerprint density at radius 2 is 1.77 bits per heavy atom. The lowest BCUT2D eigenvalue weighted by molar-refractivity contribution is -0.130. The third-order valence-electron chi connectivity index (χ3n) is 3.71. The molecular weight excluding hydrogens is 382 g/mol. The maximum Gasteiger partial charge on any atom is 0.241 e. The molecule has 0 aromatic heterocycles. The number of carbonyl (C=O) groups is 1. The smallest absolute Gasteiger partial charge is 0.241 e. The molecule has 1 aromatic carbocycles. The summed E-state index contributed by atoms with van der Waals surface area (Å²) in [6.45, 7) is 6.81. The SMILES string of the molecule is CCOc1ccc(S(=O)(=O)NCC(=O)N2CCNCC2)cc1OCC.Cl. The fraction of sp³-hybridized carbons (Fsp3) is 0.562. The van der Waals surface area contributed by atoms with E-state index in [0.29, 0.717) is 37.8 Å². The van der Waals surface area contributed by atoms with Crippen molar-refractivity contribution in [1.29, 1.82) is 0 Å². The molecular formula is C16H26ClN3O5S. The molecule has 1 aliphatic heterocycles. The van der Waals surface area contributed by atoms with Crippen LogP contribution in [0.5, 0.6) is 11.5 Å². The maximum atomic E-state index is 12.5. The van der Waals surface area contributed by atoms with Crippen LogP contribution in [0, 0.1) is 0 Å². The number of amides is 1. The summed E-state index contributed by atoms with van der Waals surface area (Å²) in [7, 11) is -3.82. The minimum absolute atomic E-state index is 0. The Kier molecular flexibility index (Phi) is 9.14. The van der Waals surface area contributed by atoms with E-state index in [1.165, 1.54) is 12.1 Å². The van der Waals surface area contributed by atoms with Crippen molar-refractivity contribution in [3.63, 3.8) is 0 Å². The number of halogens is 1. The summed E-state index contributed by atoms with van der Waals surface area (Å²) >= 11 is 0. The van der Waals surface area contributed by atoms with Crippen molar-refractivity contribution in [3.05, 3.63) is 18.2 Å². The highest BCUT2D eigenvalue weighted by molar-refractivity contribution is 7.89. The van der Waals surface area contributed by atoms with Crippen molar-refractivity contribution >= 4 is 28.3 Å². The average molecular weight is 408 g/mol. The highest BCUT2D eigenvalue weighted by atomic mass is 35.5. The number of nitrogens with one attached hydrogen (secondary N) is 2. The number of rotatable bonds is 8. The van der Waals surface area contributed by atoms with Gasteiger partial charge in [0.15, 0.2) is 11.5 Å². The van der Waals surface area contributed by atoms with E-state index in [-0.39, 0.29) is 29.8 Å². The van der Waals surface area contributed by atoms with Gasteiger partial charge in [-0.05, 0) is 26.0 Å². The Labute approximate surface area is 160 Å². The van der Waals surface area contributed by atoms with E-state index in [2.05, 4.69) is 10.0 Å². The van der Waals surface area contributed by atoms with Gasteiger partial charge in [0.2, 0.25) is 15.9 Å². The third kappa shape index (κ3) is 6.01. The van der Waals surface area contributed by atoms with E-state index in [1.807, 2.05) is 6.92 Å². The lowest BCUT2D eigenvalue weighted by Crippen LogP contribution is -2.49. The molecule has 1 fully saturated rings. The van der Waals surface area contributed by atoms with Crippen LogP contribution in [0.4, 0.5) is 0 Å². The van der Waals surface area contributed by atoms with Crippen LogP contribution in [-0.4, -0.2) is 65.2 Å². The van der Waals surface area contributed by atoms with Crippen LogP contribution in [0.15, 0.2) is 23.1 Å². The van der Waals surface area contributed by atoms with Gasteiger partial charge in [0.25, 0.3) is 0 Å². The van der Waals surface area contributed by atoms with Gasteiger partial charge in [0.1, 0.15) is 0 Å². The Balaban J connectivity index is 0.00000338. The molecule has 1 aliphatic rings. The van der Waals surface area contributed by atoms with Crippen LogP contribution >= 0.6 is 12.4 Å². The molecule has 148 valence electrons. The first-order chi connectivity index (χ1) is 12.0. The van der Waals surface area contributed by atoms with Crippen LogP contribution < -0.4 is 19.5 Å². The van der Waals surface area contributed by atoms with Crippen molar-refractivity contribution in [2.75, 3.05) is 45.9 Å². The molecule has 8 nitrogen and oxygen atoms in total. The van der Waals surface area contributed by atoms with Crippen molar-refractivity contribution < 1.29 is 22.7 Å². The fourth-order valence-corrected chi connectivity index (χ4v) is 3.45. The minimum atomic E-state index is -3.82. The van der Waals surface area contributed by atoms with Crippen molar-refractivity contribution in [3.8, 4) is 11.5 Å². The van der Waals surface area contributed by atoms with Crippen LogP contribution in [0.2, 0.25) is 0 Å². The number of piperazine rings is 1. The van der Waals surface area contributed by atoms with Crippen LogP contribution in [-0.2, 0) is 14.8 Å². The molecule has 1 saturated heterocycles. The summed E-state index contributed by atoms with van der Waals surface area (Å²) in [5, 5.41) is 3.14. The van der Waals surface area contributed by atoms with E-state index in [4.69, 9.17) is 9.47 Å². The second kappa shape index (κ2) is 10.6. The minimum Gasteiger partial charge on any atom is -0.490 e. The zero-order chi connectivity index (χ0) is 18.3. The molecule has 0 saturated carbocycles. The molecule has 26 heavy (non-hydrogen) atoms. The van der Waals surface area contributed by atoms with Crippen LogP contribution in [0.3, 0.4) is 0 Å². The predicted octanol–water partition coefficient (Wildman–Crippen LogP) is 0.616. The molecule has 0 spiro atoms. The molecule has 0 unspecified atom stereocenters. The molecule has 0 bridgehead atoms. The zero-order valence-electron chi connectivity index (χ0n) is 15.0. The van der Waals surface area contributed by atoms with Gasteiger partial charge < -0.3 is 19.7 Å². The normalized spacial score (nSPS) is 14.5. The Bertz CT molecular complexity index is 693. The van der Waals surface area contributed by atoms with E-state index >= 15 is 0 Å². The van der Waals surface area contributed by atoms with Crippen molar-refractivity contribution in [2.45, 2.75) is 18.7 Å². The van der Waals surface area contributed by atoms with Crippen LogP contribution in [0.1, 0.15) is 13.8 Å². The first-order valence-corrected chi connectivity index (χ1v) is 9.84. The summed E-state index contributed by atoms with van der Waals surface area (Å²) in [5.41, 5.74) is 0. The maximum absolute atomic E-state index is 12.5. The summed E-state index contributed by atoms with van der Waals surface area (Å²) < 4.78 is 38.1. The highest BCUT2D eigenvalue weighted by Crippen LogP contribution is 2.30. The quantitative estimate of drug-likeness (QED) is 0.655. The predicted molar refractivity (Wildman–Crippen MR) is 101 cm³/mol. The fourth-order valence-electron chi connectivity index (χ4n) is 2.46. The standard InChI is InChI=1S/C16H25N3O5S.ClH/c1-3-23-14-6-5-13(11-15(14)24-4-2)25(21,22)18-12-16(20)19-9-7-17-8-10-19;/h5-6,11,17-18H,3-4,7-10,12H2,1-2H3;1H. The molecule has 1 aromatic rings. The van der Waals surface area contributed by atoms with Crippen molar-refractivity contribution in [2.24, 2.45) is 0 Å². The van der Waals surface area contributed by atoms with Gasteiger partial charge in [-0.1, -0.05) is 0 Å². The number of hydrogen-bond donors (Lipinski definition) is 2. The van der Waals surface area contributed by atoms with E-state index in [1.54, 1.807) is 17.9 Å². The van der Waals surface area contributed by atoms with Gasteiger partial charge in [-0.3, -0.25) is 4.79 Å². The number of hydrogen-bond acceptors (Lipinski definition) is 6. The molecule has 0 atom stereocenters. The molecule has 10 heteroatoms. The number of carbonyl (C=O) groups excluding carboxylic acids is 1. The number of benzene rings is 1. The second-order valence-electron chi connectivity index (χ2n) is 5.43. The number of ether oxygens (including phenoxy) is 2. The lowest BCUT2D eigenvalue weighted by atomic mass is 10.3. The molecule has 1 heterocycles. The highest BCUT2D eigenvalue weighted by Gasteiger charge is 2.21. The second-order valence-corrected chi connectivity index (χ2v) is 7.20. The Morgan fingerprint density at radius 1 is 1.15 bits per heavy atom. The summed E-state index contributed by atoms with van der Waals surface area (Å²) in [4.78, 5) is 13.8. The summed E-state index contributed by atoms with van der Waals surface area (Å²) in [5.74, 6) is 0.613. The average Bonchev–Trinajstić information content (AvgIpc) is 2.62.